The lowest BCUT2D eigenvalue weighted by Crippen LogP contribution is -2.32. The molecule has 1 aromatic carbocycles. The van der Waals surface area contributed by atoms with Gasteiger partial charge in [0, 0.05) is 9.89 Å². The number of nitrogens with zero attached hydrogens (tertiary/aromatic N) is 1. The van der Waals surface area contributed by atoms with Gasteiger partial charge >= 0.3 is 0 Å². The third-order valence-corrected chi connectivity index (χ3v) is 4.04. The third-order valence-electron chi connectivity index (χ3n) is 3.15. The number of hydrogen-bond acceptors (Lipinski definition) is 3. The van der Waals surface area contributed by atoms with Crippen LogP contribution in [0.3, 0.4) is 0 Å². The second kappa shape index (κ2) is 6.80. The number of nitrogens with two attached hydrogens (primary N) is 1. The lowest BCUT2D eigenvalue weighted by molar-refractivity contribution is 0.277. The van der Waals surface area contributed by atoms with Gasteiger partial charge in [-0.25, -0.2) is 0 Å². The van der Waals surface area contributed by atoms with Crippen LogP contribution in [0.2, 0.25) is 0 Å². The van der Waals surface area contributed by atoms with Gasteiger partial charge in [0.25, 0.3) is 0 Å². The maximum absolute atomic E-state index is 8.69. The number of oxime groups is 1. The molecule has 0 aliphatic rings. The summed E-state index contributed by atoms with van der Waals surface area (Å²) in [4.78, 5) is 0. The predicted octanol–water partition coefficient (Wildman–Crippen LogP) is 3.69. The SMILES string of the molecule is Cc1cc(OCCCC(C)(C)/C(N)=N/O)ccc1Br. The van der Waals surface area contributed by atoms with E-state index in [1.165, 1.54) is 0 Å². The Balaban J connectivity index is 2.41. The first kappa shape index (κ1) is 15.8. The van der Waals surface area contributed by atoms with E-state index in [0.29, 0.717) is 6.61 Å². The van der Waals surface area contributed by atoms with Crippen molar-refractivity contribution in [2.24, 2.45) is 16.3 Å². The number of benzene rings is 1. The molecule has 19 heavy (non-hydrogen) atoms. The fraction of sp³-hybridized carbons (Fsp3) is 0.500. The molecule has 0 aliphatic carbocycles. The molecule has 4 nitrogen and oxygen atoms in total. The van der Waals surface area contributed by atoms with Gasteiger partial charge in [0.15, 0.2) is 0 Å². The van der Waals surface area contributed by atoms with Gasteiger partial charge in [-0.3, -0.25) is 0 Å². The van der Waals surface area contributed by atoms with Crippen molar-refractivity contribution in [1.82, 2.24) is 0 Å². The van der Waals surface area contributed by atoms with Crippen molar-refractivity contribution < 1.29 is 9.94 Å². The highest BCUT2D eigenvalue weighted by molar-refractivity contribution is 9.10. The molecule has 0 bridgehead atoms. The van der Waals surface area contributed by atoms with E-state index in [1.807, 2.05) is 39.0 Å². The molecule has 1 rings (SSSR count). The molecule has 0 fully saturated rings. The molecular formula is C14H21BrN2O2. The Morgan fingerprint density at radius 2 is 2.16 bits per heavy atom. The van der Waals surface area contributed by atoms with Gasteiger partial charge in [-0.2, -0.15) is 0 Å². The van der Waals surface area contributed by atoms with Gasteiger partial charge in [0.05, 0.1) is 6.61 Å². The number of rotatable bonds is 6. The fourth-order valence-corrected chi connectivity index (χ4v) is 1.92. The highest BCUT2D eigenvalue weighted by Crippen LogP contribution is 2.24. The van der Waals surface area contributed by atoms with E-state index in [-0.39, 0.29) is 11.3 Å². The van der Waals surface area contributed by atoms with Crippen LogP contribution in [0.5, 0.6) is 5.75 Å². The second-order valence-electron chi connectivity index (χ2n) is 5.23. The van der Waals surface area contributed by atoms with Gasteiger partial charge in [-0.05, 0) is 43.5 Å². The van der Waals surface area contributed by atoms with Crippen molar-refractivity contribution in [3.8, 4) is 5.75 Å². The van der Waals surface area contributed by atoms with E-state index >= 15 is 0 Å². The fourth-order valence-electron chi connectivity index (χ4n) is 1.67. The van der Waals surface area contributed by atoms with Crippen molar-refractivity contribution in [1.29, 1.82) is 0 Å². The predicted molar refractivity (Wildman–Crippen MR) is 80.8 cm³/mol. The van der Waals surface area contributed by atoms with Crippen LogP contribution in [0.4, 0.5) is 0 Å². The average molecular weight is 329 g/mol. The summed E-state index contributed by atoms with van der Waals surface area (Å²) in [7, 11) is 0. The van der Waals surface area contributed by atoms with Crippen molar-refractivity contribution in [3.63, 3.8) is 0 Å². The molecule has 0 heterocycles. The lowest BCUT2D eigenvalue weighted by Gasteiger charge is -2.22. The largest absolute Gasteiger partial charge is 0.494 e. The summed E-state index contributed by atoms with van der Waals surface area (Å²) in [5, 5.41) is 11.8. The molecule has 0 spiro atoms. The minimum absolute atomic E-state index is 0.256. The Bertz CT molecular complexity index is 459. The first-order chi connectivity index (χ1) is 8.86. The summed E-state index contributed by atoms with van der Waals surface area (Å²) in [6, 6.07) is 5.91. The van der Waals surface area contributed by atoms with Crippen LogP contribution >= 0.6 is 15.9 Å². The van der Waals surface area contributed by atoms with Crippen LogP contribution < -0.4 is 10.5 Å². The first-order valence-electron chi connectivity index (χ1n) is 6.24. The van der Waals surface area contributed by atoms with Gasteiger partial charge < -0.3 is 15.7 Å². The average Bonchev–Trinajstić information content (AvgIpc) is 2.37. The zero-order chi connectivity index (χ0) is 14.5. The van der Waals surface area contributed by atoms with E-state index in [4.69, 9.17) is 15.7 Å². The summed E-state index contributed by atoms with van der Waals surface area (Å²) in [6.07, 6.45) is 1.65. The molecule has 5 heteroatoms. The molecule has 0 radical (unpaired) electrons. The summed E-state index contributed by atoms with van der Waals surface area (Å²) >= 11 is 3.45. The quantitative estimate of drug-likeness (QED) is 0.275. The van der Waals surface area contributed by atoms with Gasteiger partial charge in [0.1, 0.15) is 11.6 Å². The van der Waals surface area contributed by atoms with Gasteiger partial charge in [0.2, 0.25) is 0 Å². The molecule has 0 saturated carbocycles. The van der Waals surface area contributed by atoms with Crippen LogP contribution in [0, 0.1) is 12.3 Å². The molecule has 1 aromatic rings. The molecular weight excluding hydrogens is 308 g/mol. The number of ether oxygens (including phenoxy) is 1. The number of amidine groups is 1. The highest BCUT2D eigenvalue weighted by atomic mass is 79.9. The van der Waals surface area contributed by atoms with E-state index in [9.17, 15) is 0 Å². The van der Waals surface area contributed by atoms with Crippen molar-refractivity contribution in [2.75, 3.05) is 6.61 Å². The van der Waals surface area contributed by atoms with Crippen molar-refractivity contribution >= 4 is 21.8 Å². The van der Waals surface area contributed by atoms with E-state index in [2.05, 4.69) is 21.1 Å². The topological polar surface area (TPSA) is 67.8 Å². The third kappa shape index (κ3) is 4.74. The van der Waals surface area contributed by atoms with E-state index in [1.54, 1.807) is 0 Å². The molecule has 106 valence electrons. The number of hydrogen-bond donors (Lipinski definition) is 2. The maximum Gasteiger partial charge on any atom is 0.144 e. The standard InChI is InChI=1S/C14H21BrN2O2/c1-10-9-11(5-6-12(10)15)19-8-4-7-14(2,3)13(16)17-18/h5-6,9,18H,4,7-8H2,1-3H3,(H2,16,17). The summed E-state index contributed by atoms with van der Waals surface area (Å²) < 4.78 is 6.76. The van der Waals surface area contributed by atoms with Crippen LogP contribution in [0.25, 0.3) is 0 Å². The summed E-state index contributed by atoms with van der Waals surface area (Å²) in [5.41, 5.74) is 6.47. The molecule has 0 saturated heterocycles. The Hall–Kier alpha value is -1.23. The monoisotopic (exact) mass is 328 g/mol. The van der Waals surface area contributed by atoms with Crippen LogP contribution in [0.15, 0.2) is 27.8 Å². The first-order valence-corrected chi connectivity index (χ1v) is 7.03. The van der Waals surface area contributed by atoms with Crippen LogP contribution in [0.1, 0.15) is 32.3 Å². The Morgan fingerprint density at radius 1 is 1.47 bits per heavy atom. The molecule has 0 atom stereocenters. The molecule has 0 amide bonds. The summed E-state index contributed by atoms with van der Waals surface area (Å²) in [5.74, 6) is 1.12. The Kier molecular flexibility index (Phi) is 5.66. The molecule has 0 aliphatic heterocycles. The maximum atomic E-state index is 8.69. The van der Waals surface area contributed by atoms with Crippen molar-refractivity contribution in [2.45, 2.75) is 33.6 Å². The second-order valence-corrected chi connectivity index (χ2v) is 6.09. The molecule has 0 unspecified atom stereocenters. The Labute approximate surface area is 122 Å². The smallest absolute Gasteiger partial charge is 0.144 e. The van der Waals surface area contributed by atoms with Crippen LogP contribution in [-0.2, 0) is 0 Å². The highest BCUT2D eigenvalue weighted by Gasteiger charge is 2.22. The normalized spacial score (nSPS) is 12.5. The summed E-state index contributed by atoms with van der Waals surface area (Å²) in [6.45, 7) is 6.54. The molecule has 3 N–H and O–H groups in total. The van der Waals surface area contributed by atoms with Gasteiger partial charge in [-0.1, -0.05) is 34.9 Å². The minimum Gasteiger partial charge on any atom is -0.494 e. The molecule has 0 aromatic heterocycles. The van der Waals surface area contributed by atoms with Gasteiger partial charge in [-0.15, -0.1) is 0 Å². The zero-order valence-electron chi connectivity index (χ0n) is 11.6. The number of aryl methyl sites for hydroxylation is 1. The number of halogens is 1. The lowest BCUT2D eigenvalue weighted by atomic mass is 9.87. The van der Waals surface area contributed by atoms with Crippen LogP contribution in [-0.4, -0.2) is 17.6 Å². The van der Waals surface area contributed by atoms with E-state index < -0.39 is 0 Å². The van der Waals surface area contributed by atoms with Crippen molar-refractivity contribution in [3.05, 3.63) is 28.2 Å². The zero-order valence-corrected chi connectivity index (χ0v) is 13.2. The Morgan fingerprint density at radius 3 is 2.74 bits per heavy atom. The minimum atomic E-state index is -0.312. The van der Waals surface area contributed by atoms with E-state index in [0.717, 1.165) is 28.6 Å².